The van der Waals surface area contributed by atoms with Crippen LogP contribution in [-0.2, 0) is 17.9 Å². The van der Waals surface area contributed by atoms with Gasteiger partial charge in [-0.1, -0.05) is 30.3 Å². The lowest BCUT2D eigenvalue weighted by Crippen LogP contribution is -2.24. The number of hydrogen-bond donors (Lipinski definition) is 0. The zero-order chi connectivity index (χ0) is 17.6. The Morgan fingerprint density at radius 3 is 2.56 bits per heavy atom. The monoisotopic (exact) mass is 341 g/mol. The summed E-state index contributed by atoms with van der Waals surface area (Å²) in [5.74, 6) is 1.63. The summed E-state index contributed by atoms with van der Waals surface area (Å²) in [5.41, 5.74) is 2.07. The van der Waals surface area contributed by atoms with Crippen LogP contribution in [0.1, 0.15) is 25.0 Å². The second kappa shape index (κ2) is 7.92. The van der Waals surface area contributed by atoms with E-state index in [4.69, 9.17) is 14.2 Å². The van der Waals surface area contributed by atoms with Crippen molar-refractivity contribution in [2.45, 2.75) is 33.1 Å². The van der Waals surface area contributed by atoms with Gasteiger partial charge in [-0.15, -0.1) is 0 Å². The lowest BCUT2D eigenvalue weighted by molar-refractivity contribution is 0.137. The zero-order valence-corrected chi connectivity index (χ0v) is 14.6. The number of nitrogens with zero attached hydrogens (tertiary/aromatic N) is 1. The molecule has 0 radical (unpaired) electrons. The van der Waals surface area contributed by atoms with Gasteiger partial charge in [0.25, 0.3) is 0 Å². The molecule has 1 heterocycles. The quantitative estimate of drug-likeness (QED) is 0.763. The van der Waals surface area contributed by atoms with Crippen LogP contribution in [0, 0.1) is 0 Å². The van der Waals surface area contributed by atoms with E-state index in [0.717, 1.165) is 22.6 Å². The summed E-state index contributed by atoms with van der Waals surface area (Å²) < 4.78 is 16.6. The molecule has 1 atom stereocenters. The molecule has 1 fully saturated rings. The van der Waals surface area contributed by atoms with Crippen LogP contribution in [0.2, 0.25) is 0 Å². The van der Waals surface area contributed by atoms with Crippen molar-refractivity contribution in [1.82, 2.24) is 4.90 Å². The van der Waals surface area contributed by atoms with Crippen LogP contribution in [0.5, 0.6) is 11.5 Å². The number of para-hydroxylation sites is 1. The van der Waals surface area contributed by atoms with Crippen molar-refractivity contribution in [2.75, 3.05) is 13.2 Å². The molecule has 1 aliphatic rings. The molecular formula is C20H23NO4. The first-order valence-corrected chi connectivity index (χ1v) is 8.53. The largest absolute Gasteiger partial charge is 0.493 e. The molecule has 0 aliphatic carbocycles. The number of carbonyl (C=O) groups excluding carboxylic acids is 1. The summed E-state index contributed by atoms with van der Waals surface area (Å²) in [6, 6.07) is 15.7. The van der Waals surface area contributed by atoms with Crippen LogP contribution >= 0.6 is 0 Å². The molecule has 5 nitrogen and oxygen atoms in total. The maximum atomic E-state index is 11.7. The van der Waals surface area contributed by atoms with Crippen LogP contribution in [-0.4, -0.2) is 30.2 Å². The van der Waals surface area contributed by atoms with Gasteiger partial charge in [0.1, 0.15) is 24.2 Å². The molecule has 5 heteroatoms. The molecule has 2 aromatic rings. The molecule has 2 aromatic carbocycles. The predicted molar refractivity (Wildman–Crippen MR) is 94.7 cm³/mol. The molecule has 0 N–H and O–H groups in total. The zero-order valence-electron chi connectivity index (χ0n) is 14.6. The summed E-state index contributed by atoms with van der Waals surface area (Å²) >= 11 is 0. The number of ether oxygens (including phenoxy) is 3. The third-order valence-electron chi connectivity index (χ3n) is 4.00. The first-order chi connectivity index (χ1) is 12.2. The van der Waals surface area contributed by atoms with E-state index in [9.17, 15) is 4.79 Å². The van der Waals surface area contributed by atoms with Gasteiger partial charge in [0.05, 0.1) is 13.2 Å². The van der Waals surface area contributed by atoms with Gasteiger partial charge in [-0.05, 0) is 37.6 Å². The Kier molecular flexibility index (Phi) is 5.43. The Morgan fingerprint density at radius 2 is 1.88 bits per heavy atom. The highest BCUT2D eigenvalue weighted by atomic mass is 16.6. The second-order valence-electron chi connectivity index (χ2n) is 6.05. The molecule has 25 heavy (non-hydrogen) atoms. The first kappa shape index (κ1) is 17.1. The van der Waals surface area contributed by atoms with Gasteiger partial charge < -0.3 is 19.1 Å². The van der Waals surface area contributed by atoms with Crippen molar-refractivity contribution in [3.05, 3.63) is 59.7 Å². The van der Waals surface area contributed by atoms with E-state index < -0.39 is 0 Å². The molecule has 0 saturated carbocycles. The van der Waals surface area contributed by atoms with Crippen LogP contribution in [0.3, 0.4) is 0 Å². The Hall–Kier alpha value is -2.69. The van der Waals surface area contributed by atoms with E-state index in [1.54, 1.807) is 4.90 Å². The SMILES string of the molecule is CCOc1ccccc1COc1ccc(CN2CC(C)OC2=O)cc1. The minimum Gasteiger partial charge on any atom is -0.493 e. The lowest BCUT2D eigenvalue weighted by Gasteiger charge is -2.14. The van der Waals surface area contributed by atoms with Crippen LogP contribution in [0.4, 0.5) is 4.79 Å². The number of carbonyl (C=O) groups is 1. The topological polar surface area (TPSA) is 48.0 Å². The first-order valence-electron chi connectivity index (χ1n) is 8.53. The smallest absolute Gasteiger partial charge is 0.410 e. The van der Waals surface area contributed by atoms with E-state index in [0.29, 0.717) is 26.3 Å². The van der Waals surface area contributed by atoms with Crippen LogP contribution < -0.4 is 9.47 Å². The van der Waals surface area contributed by atoms with Crippen molar-refractivity contribution in [1.29, 1.82) is 0 Å². The molecular weight excluding hydrogens is 318 g/mol. The summed E-state index contributed by atoms with van der Waals surface area (Å²) in [6.07, 6.45) is -0.291. The van der Waals surface area contributed by atoms with E-state index >= 15 is 0 Å². The fourth-order valence-corrected chi connectivity index (χ4v) is 2.79. The standard InChI is InChI=1S/C20H23NO4/c1-3-23-19-7-5-4-6-17(19)14-24-18-10-8-16(9-11-18)13-21-12-15(2)25-20(21)22/h4-11,15H,3,12-14H2,1-2H3. The lowest BCUT2D eigenvalue weighted by atomic mass is 10.2. The maximum absolute atomic E-state index is 11.7. The van der Waals surface area contributed by atoms with E-state index in [2.05, 4.69) is 0 Å². The maximum Gasteiger partial charge on any atom is 0.410 e. The average molecular weight is 341 g/mol. The van der Waals surface area contributed by atoms with Gasteiger partial charge in [-0.2, -0.15) is 0 Å². The Labute approximate surface area is 148 Å². The molecule has 1 unspecified atom stereocenters. The minimum absolute atomic E-state index is 0.0412. The molecule has 132 valence electrons. The van der Waals surface area contributed by atoms with Crippen molar-refractivity contribution < 1.29 is 19.0 Å². The molecule has 1 saturated heterocycles. The normalized spacial score (nSPS) is 16.6. The number of benzene rings is 2. The third kappa shape index (κ3) is 4.44. The van der Waals surface area contributed by atoms with Crippen molar-refractivity contribution >= 4 is 6.09 Å². The van der Waals surface area contributed by atoms with Crippen molar-refractivity contribution in [2.24, 2.45) is 0 Å². The Balaban J connectivity index is 1.57. The van der Waals surface area contributed by atoms with Gasteiger partial charge >= 0.3 is 6.09 Å². The second-order valence-corrected chi connectivity index (χ2v) is 6.05. The van der Waals surface area contributed by atoms with Crippen molar-refractivity contribution in [3.63, 3.8) is 0 Å². The fraction of sp³-hybridized carbons (Fsp3) is 0.350. The van der Waals surface area contributed by atoms with Crippen molar-refractivity contribution in [3.8, 4) is 11.5 Å². The Morgan fingerprint density at radius 1 is 1.12 bits per heavy atom. The van der Waals surface area contributed by atoms with Gasteiger partial charge in [-0.3, -0.25) is 0 Å². The van der Waals surface area contributed by atoms with Gasteiger partial charge in [-0.25, -0.2) is 4.79 Å². The van der Waals surface area contributed by atoms with Gasteiger partial charge in [0, 0.05) is 12.1 Å². The van der Waals surface area contributed by atoms with Gasteiger partial charge in [0.2, 0.25) is 0 Å². The summed E-state index contributed by atoms with van der Waals surface area (Å²) in [5, 5.41) is 0. The molecule has 0 aromatic heterocycles. The van der Waals surface area contributed by atoms with E-state index in [1.807, 2.05) is 62.4 Å². The molecule has 3 rings (SSSR count). The number of cyclic esters (lactones) is 1. The summed E-state index contributed by atoms with van der Waals surface area (Å²) in [6.45, 7) is 6.12. The van der Waals surface area contributed by atoms with Gasteiger partial charge in [0.15, 0.2) is 0 Å². The molecule has 0 spiro atoms. The Bertz CT molecular complexity index is 714. The number of rotatable bonds is 7. The average Bonchev–Trinajstić information content (AvgIpc) is 2.93. The molecule has 0 bridgehead atoms. The van der Waals surface area contributed by atoms with E-state index in [-0.39, 0.29) is 12.2 Å². The molecule has 1 amide bonds. The summed E-state index contributed by atoms with van der Waals surface area (Å²) in [7, 11) is 0. The highest BCUT2D eigenvalue weighted by molar-refractivity contribution is 5.69. The van der Waals surface area contributed by atoms with E-state index in [1.165, 1.54) is 0 Å². The number of hydrogen-bond acceptors (Lipinski definition) is 4. The minimum atomic E-state index is -0.250. The summed E-state index contributed by atoms with van der Waals surface area (Å²) in [4.78, 5) is 13.4. The highest BCUT2D eigenvalue weighted by Crippen LogP contribution is 2.22. The van der Waals surface area contributed by atoms with Crippen LogP contribution in [0.25, 0.3) is 0 Å². The predicted octanol–water partition coefficient (Wildman–Crippen LogP) is 4.01. The van der Waals surface area contributed by atoms with Crippen LogP contribution in [0.15, 0.2) is 48.5 Å². The highest BCUT2D eigenvalue weighted by Gasteiger charge is 2.27. The molecule has 1 aliphatic heterocycles. The third-order valence-corrected chi connectivity index (χ3v) is 4.00. The number of amides is 1. The fourth-order valence-electron chi connectivity index (χ4n) is 2.79.